The van der Waals surface area contributed by atoms with Crippen molar-refractivity contribution < 1.29 is 14.3 Å². The Morgan fingerprint density at radius 3 is 2.76 bits per heavy atom. The molecule has 1 aliphatic rings. The lowest BCUT2D eigenvalue weighted by Gasteiger charge is -2.31. The highest BCUT2D eigenvalue weighted by Gasteiger charge is 2.27. The van der Waals surface area contributed by atoms with Crippen LogP contribution in [0.5, 0.6) is 0 Å². The maximum atomic E-state index is 12.4. The Labute approximate surface area is 147 Å². The maximum absolute atomic E-state index is 12.4. The van der Waals surface area contributed by atoms with Crippen molar-refractivity contribution in [2.24, 2.45) is 5.92 Å². The van der Waals surface area contributed by atoms with Gasteiger partial charge in [0.1, 0.15) is 0 Å². The average molecular weight is 343 g/mol. The summed E-state index contributed by atoms with van der Waals surface area (Å²) in [6, 6.07) is 7.45. The fourth-order valence-electron chi connectivity index (χ4n) is 3.07. The van der Waals surface area contributed by atoms with E-state index in [9.17, 15) is 9.59 Å². The van der Waals surface area contributed by atoms with Gasteiger partial charge in [-0.1, -0.05) is 19.9 Å². The summed E-state index contributed by atoms with van der Waals surface area (Å²) in [6.07, 6.45) is 3.55. The highest BCUT2D eigenvalue weighted by Crippen LogP contribution is 2.22. The maximum Gasteiger partial charge on any atom is 0.313 e. The van der Waals surface area contributed by atoms with Crippen molar-refractivity contribution in [2.45, 2.75) is 32.8 Å². The number of carbonyl (C=O) groups is 2. The first kappa shape index (κ1) is 17.5. The van der Waals surface area contributed by atoms with E-state index in [1.807, 2.05) is 24.4 Å². The Morgan fingerprint density at radius 2 is 2.04 bits per heavy atom. The number of anilines is 1. The van der Waals surface area contributed by atoms with Crippen molar-refractivity contribution in [3.8, 4) is 0 Å². The molecule has 2 N–H and O–H groups in total. The van der Waals surface area contributed by atoms with E-state index in [1.54, 1.807) is 11.0 Å². The summed E-state index contributed by atoms with van der Waals surface area (Å²) in [6.45, 7) is 6.09. The van der Waals surface area contributed by atoms with Gasteiger partial charge >= 0.3 is 11.8 Å². The number of likely N-dealkylation sites (tertiary alicyclic amines) is 1. The van der Waals surface area contributed by atoms with E-state index in [0.717, 1.165) is 30.4 Å². The highest BCUT2D eigenvalue weighted by molar-refractivity contribution is 6.40. The molecule has 0 bridgehead atoms. The Kier molecular flexibility index (Phi) is 5.38. The van der Waals surface area contributed by atoms with E-state index < -0.39 is 11.8 Å². The van der Waals surface area contributed by atoms with Crippen LogP contribution in [-0.4, -0.2) is 47.5 Å². The molecule has 1 aromatic carbocycles. The SMILES string of the molecule is CC(C)COC1CCN(C(=O)C(=O)Nc2cccc3[nH]ccc23)CC1. The average Bonchev–Trinajstić information content (AvgIpc) is 3.09. The van der Waals surface area contributed by atoms with Crippen LogP contribution < -0.4 is 5.32 Å². The van der Waals surface area contributed by atoms with Gasteiger partial charge in [0.05, 0.1) is 11.8 Å². The van der Waals surface area contributed by atoms with Gasteiger partial charge in [0.15, 0.2) is 0 Å². The number of nitrogens with one attached hydrogen (secondary N) is 2. The Balaban J connectivity index is 1.55. The molecule has 6 heteroatoms. The lowest BCUT2D eigenvalue weighted by Crippen LogP contribution is -2.45. The van der Waals surface area contributed by atoms with E-state index in [-0.39, 0.29) is 6.10 Å². The van der Waals surface area contributed by atoms with E-state index in [1.165, 1.54) is 0 Å². The molecule has 3 rings (SSSR count). The molecule has 2 heterocycles. The second kappa shape index (κ2) is 7.70. The van der Waals surface area contributed by atoms with Crippen LogP contribution in [0.2, 0.25) is 0 Å². The Bertz CT molecular complexity index is 745. The van der Waals surface area contributed by atoms with Crippen LogP contribution in [-0.2, 0) is 14.3 Å². The first-order chi connectivity index (χ1) is 12.0. The summed E-state index contributed by atoms with van der Waals surface area (Å²) in [7, 11) is 0. The van der Waals surface area contributed by atoms with Crippen molar-refractivity contribution >= 4 is 28.4 Å². The van der Waals surface area contributed by atoms with Crippen LogP contribution in [0, 0.1) is 5.92 Å². The summed E-state index contributed by atoms with van der Waals surface area (Å²) in [5.41, 5.74) is 1.57. The number of piperidine rings is 1. The van der Waals surface area contributed by atoms with Crippen LogP contribution >= 0.6 is 0 Å². The molecule has 25 heavy (non-hydrogen) atoms. The molecular weight excluding hydrogens is 318 g/mol. The van der Waals surface area contributed by atoms with E-state index in [2.05, 4.69) is 24.1 Å². The summed E-state index contributed by atoms with van der Waals surface area (Å²) < 4.78 is 5.83. The second-order valence-electron chi connectivity index (χ2n) is 6.92. The standard InChI is InChI=1S/C19H25N3O3/c1-13(2)12-25-14-7-10-22(11-8-14)19(24)18(23)21-17-5-3-4-16-15(17)6-9-20-16/h3-6,9,13-14,20H,7-8,10-12H2,1-2H3,(H,21,23). The Morgan fingerprint density at radius 1 is 1.28 bits per heavy atom. The molecule has 1 saturated heterocycles. The van der Waals surface area contributed by atoms with Gasteiger partial charge in [0, 0.05) is 36.8 Å². The fraction of sp³-hybridized carbons (Fsp3) is 0.474. The minimum atomic E-state index is -0.588. The smallest absolute Gasteiger partial charge is 0.313 e. The van der Waals surface area contributed by atoms with Gasteiger partial charge < -0.3 is 19.9 Å². The fourth-order valence-corrected chi connectivity index (χ4v) is 3.07. The predicted octanol–water partition coefficient (Wildman–Crippen LogP) is 2.77. The van der Waals surface area contributed by atoms with Gasteiger partial charge in [-0.2, -0.15) is 0 Å². The number of benzene rings is 1. The third-order valence-electron chi connectivity index (χ3n) is 4.43. The highest BCUT2D eigenvalue weighted by atomic mass is 16.5. The normalized spacial score (nSPS) is 15.7. The third-order valence-corrected chi connectivity index (χ3v) is 4.43. The first-order valence-corrected chi connectivity index (χ1v) is 8.82. The number of hydrogen-bond donors (Lipinski definition) is 2. The summed E-state index contributed by atoms with van der Waals surface area (Å²) >= 11 is 0. The van der Waals surface area contributed by atoms with Gasteiger partial charge in [-0.3, -0.25) is 9.59 Å². The minimum absolute atomic E-state index is 0.183. The number of fused-ring (bicyclic) bond motifs is 1. The van der Waals surface area contributed by atoms with Gasteiger partial charge in [-0.25, -0.2) is 0 Å². The molecule has 134 valence electrons. The Hall–Kier alpha value is -2.34. The summed E-state index contributed by atoms with van der Waals surface area (Å²) in [4.78, 5) is 29.4. The zero-order chi connectivity index (χ0) is 17.8. The molecule has 0 aliphatic carbocycles. The molecule has 6 nitrogen and oxygen atoms in total. The van der Waals surface area contributed by atoms with Crippen LogP contribution in [0.3, 0.4) is 0 Å². The first-order valence-electron chi connectivity index (χ1n) is 8.82. The molecule has 0 spiro atoms. The van der Waals surface area contributed by atoms with Crippen molar-refractivity contribution in [1.82, 2.24) is 9.88 Å². The van der Waals surface area contributed by atoms with Crippen LogP contribution in [0.1, 0.15) is 26.7 Å². The molecule has 0 saturated carbocycles. The van der Waals surface area contributed by atoms with Gasteiger partial charge in [0.25, 0.3) is 0 Å². The number of hydrogen-bond acceptors (Lipinski definition) is 3. The molecule has 1 aromatic heterocycles. The molecule has 0 unspecified atom stereocenters. The monoisotopic (exact) mass is 343 g/mol. The number of aromatic amines is 1. The second-order valence-corrected chi connectivity index (χ2v) is 6.92. The molecular formula is C19H25N3O3. The number of nitrogens with zero attached hydrogens (tertiary/aromatic N) is 1. The van der Waals surface area contributed by atoms with Crippen molar-refractivity contribution in [3.63, 3.8) is 0 Å². The number of rotatable bonds is 4. The molecule has 0 radical (unpaired) electrons. The number of ether oxygens (including phenoxy) is 1. The van der Waals surface area contributed by atoms with Gasteiger partial charge in [0.2, 0.25) is 0 Å². The summed E-state index contributed by atoms with van der Waals surface area (Å²) in [5, 5.41) is 3.63. The van der Waals surface area contributed by atoms with E-state index in [0.29, 0.717) is 24.7 Å². The minimum Gasteiger partial charge on any atom is -0.378 e. The topological polar surface area (TPSA) is 74.4 Å². The quantitative estimate of drug-likeness (QED) is 0.838. The molecule has 2 amide bonds. The third kappa shape index (κ3) is 4.20. The lowest BCUT2D eigenvalue weighted by atomic mass is 10.1. The van der Waals surface area contributed by atoms with E-state index in [4.69, 9.17) is 4.74 Å². The number of carbonyl (C=O) groups excluding carboxylic acids is 2. The van der Waals surface area contributed by atoms with E-state index >= 15 is 0 Å². The van der Waals surface area contributed by atoms with Crippen molar-refractivity contribution in [1.29, 1.82) is 0 Å². The van der Waals surface area contributed by atoms with Crippen molar-refractivity contribution in [2.75, 3.05) is 25.0 Å². The summed E-state index contributed by atoms with van der Waals surface area (Å²) in [5.74, 6) is -0.563. The lowest BCUT2D eigenvalue weighted by molar-refractivity contribution is -0.145. The van der Waals surface area contributed by atoms with Gasteiger partial charge in [-0.15, -0.1) is 0 Å². The molecule has 1 aliphatic heterocycles. The predicted molar refractivity (Wildman–Crippen MR) is 97.3 cm³/mol. The zero-order valence-electron chi connectivity index (χ0n) is 14.7. The van der Waals surface area contributed by atoms with Crippen LogP contribution in [0.4, 0.5) is 5.69 Å². The number of amides is 2. The number of H-pyrrole nitrogens is 1. The largest absolute Gasteiger partial charge is 0.378 e. The molecule has 2 aromatic rings. The van der Waals surface area contributed by atoms with Crippen LogP contribution in [0.15, 0.2) is 30.5 Å². The van der Waals surface area contributed by atoms with Crippen molar-refractivity contribution in [3.05, 3.63) is 30.5 Å². The molecule has 1 fully saturated rings. The van der Waals surface area contributed by atoms with Gasteiger partial charge in [-0.05, 0) is 37.0 Å². The van der Waals surface area contributed by atoms with Crippen LogP contribution in [0.25, 0.3) is 10.9 Å². The molecule has 0 atom stereocenters. The zero-order valence-corrected chi connectivity index (χ0v) is 14.7. The number of aromatic nitrogens is 1.